The van der Waals surface area contributed by atoms with E-state index in [0.29, 0.717) is 32.1 Å². The van der Waals surface area contributed by atoms with Gasteiger partial charge in [0, 0.05) is 26.2 Å². The van der Waals surface area contributed by atoms with Gasteiger partial charge in [0.05, 0.1) is 0 Å². The normalized spacial score (nSPS) is 20.3. The standard InChI is InChI=1S/C15H33N3O2S/c1-4-10-17(11-5-2)21(19,20)18(12-6-3)14-15-8-7-9-16-13-15/h15-16H,4-14H2,1-3H3. The van der Waals surface area contributed by atoms with Gasteiger partial charge < -0.3 is 5.32 Å². The first kappa shape index (κ1) is 18.9. The Morgan fingerprint density at radius 1 is 1.00 bits per heavy atom. The number of nitrogens with one attached hydrogen (secondary N) is 1. The molecule has 1 fully saturated rings. The Bertz CT molecular complexity index is 361. The van der Waals surface area contributed by atoms with E-state index in [2.05, 4.69) is 5.32 Å². The summed E-state index contributed by atoms with van der Waals surface area (Å²) in [4.78, 5) is 0. The molecule has 5 nitrogen and oxygen atoms in total. The zero-order valence-corrected chi connectivity index (χ0v) is 14.8. The lowest BCUT2D eigenvalue weighted by Crippen LogP contribution is -2.48. The van der Waals surface area contributed by atoms with E-state index in [9.17, 15) is 8.42 Å². The van der Waals surface area contributed by atoms with Gasteiger partial charge in [0.25, 0.3) is 10.2 Å². The molecule has 1 aliphatic rings. The molecular weight excluding hydrogens is 286 g/mol. The molecule has 0 aliphatic carbocycles. The van der Waals surface area contributed by atoms with E-state index in [1.807, 2.05) is 20.8 Å². The Hall–Kier alpha value is -0.170. The summed E-state index contributed by atoms with van der Waals surface area (Å²) in [6.45, 7) is 10.7. The maximum atomic E-state index is 12.9. The molecule has 126 valence electrons. The van der Waals surface area contributed by atoms with Crippen molar-refractivity contribution in [2.24, 2.45) is 5.92 Å². The van der Waals surface area contributed by atoms with Crippen LogP contribution < -0.4 is 5.32 Å². The second-order valence-electron chi connectivity index (χ2n) is 5.98. The molecule has 0 bridgehead atoms. The van der Waals surface area contributed by atoms with Crippen LogP contribution in [0.4, 0.5) is 0 Å². The van der Waals surface area contributed by atoms with E-state index in [0.717, 1.165) is 45.2 Å². The minimum atomic E-state index is -3.31. The molecule has 1 heterocycles. The molecule has 0 aromatic carbocycles. The van der Waals surface area contributed by atoms with Gasteiger partial charge in [-0.1, -0.05) is 20.8 Å². The van der Waals surface area contributed by atoms with Gasteiger partial charge in [0.2, 0.25) is 0 Å². The van der Waals surface area contributed by atoms with Gasteiger partial charge in [0.1, 0.15) is 0 Å². The molecule has 1 rings (SSSR count). The van der Waals surface area contributed by atoms with E-state index >= 15 is 0 Å². The summed E-state index contributed by atoms with van der Waals surface area (Å²) >= 11 is 0. The Kier molecular flexibility index (Phi) is 8.78. The van der Waals surface area contributed by atoms with Crippen LogP contribution in [0.3, 0.4) is 0 Å². The maximum absolute atomic E-state index is 12.9. The highest BCUT2D eigenvalue weighted by atomic mass is 32.2. The van der Waals surface area contributed by atoms with E-state index in [-0.39, 0.29) is 0 Å². The monoisotopic (exact) mass is 319 g/mol. The number of nitrogens with zero attached hydrogens (tertiary/aromatic N) is 2. The van der Waals surface area contributed by atoms with Crippen molar-refractivity contribution in [1.29, 1.82) is 0 Å². The summed E-state index contributed by atoms with van der Waals surface area (Å²) in [6, 6.07) is 0. The topological polar surface area (TPSA) is 52.7 Å². The van der Waals surface area contributed by atoms with E-state index in [1.54, 1.807) is 8.61 Å². The van der Waals surface area contributed by atoms with E-state index < -0.39 is 10.2 Å². The highest BCUT2D eigenvalue weighted by molar-refractivity contribution is 7.86. The van der Waals surface area contributed by atoms with Crippen LogP contribution in [0.5, 0.6) is 0 Å². The molecule has 0 radical (unpaired) electrons. The van der Waals surface area contributed by atoms with Crippen molar-refractivity contribution in [2.45, 2.75) is 52.9 Å². The molecule has 6 heteroatoms. The van der Waals surface area contributed by atoms with Crippen molar-refractivity contribution in [1.82, 2.24) is 13.9 Å². The van der Waals surface area contributed by atoms with Gasteiger partial charge in [-0.25, -0.2) is 0 Å². The highest BCUT2D eigenvalue weighted by Crippen LogP contribution is 2.17. The molecule has 21 heavy (non-hydrogen) atoms. The van der Waals surface area contributed by atoms with Gasteiger partial charge >= 0.3 is 0 Å². The maximum Gasteiger partial charge on any atom is 0.281 e. The molecule has 0 saturated carbocycles. The molecule has 1 aliphatic heterocycles. The largest absolute Gasteiger partial charge is 0.316 e. The van der Waals surface area contributed by atoms with Gasteiger partial charge in [-0.15, -0.1) is 0 Å². The van der Waals surface area contributed by atoms with Crippen LogP contribution in [0.25, 0.3) is 0 Å². The first-order valence-electron chi connectivity index (χ1n) is 8.52. The minimum Gasteiger partial charge on any atom is -0.316 e. The van der Waals surface area contributed by atoms with Crippen LogP contribution in [-0.2, 0) is 10.2 Å². The van der Waals surface area contributed by atoms with Gasteiger partial charge in [-0.2, -0.15) is 17.0 Å². The molecular formula is C15H33N3O2S. The van der Waals surface area contributed by atoms with Crippen molar-refractivity contribution in [3.63, 3.8) is 0 Å². The lowest BCUT2D eigenvalue weighted by molar-refractivity contribution is 0.270. The molecule has 0 aromatic rings. The van der Waals surface area contributed by atoms with Gasteiger partial charge in [-0.3, -0.25) is 0 Å². The SMILES string of the molecule is CCCN(CCC)S(=O)(=O)N(CCC)CC1CCCNC1. The van der Waals surface area contributed by atoms with Crippen molar-refractivity contribution in [3.05, 3.63) is 0 Å². The Labute approximate surface area is 131 Å². The third-order valence-electron chi connectivity index (χ3n) is 3.93. The van der Waals surface area contributed by atoms with Crippen LogP contribution in [-0.4, -0.2) is 56.3 Å². The number of hydrogen-bond acceptors (Lipinski definition) is 3. The summed E-state index contributed by atoms with van der Waals surface area (Å²) in [6.07, 6.45) is 4.88. The van der Waals surface area contributed by atoms with E-state index in [1.165, 1.54) is 0 Å². The quantitative estimate of drug-likeness (QED) is 0.670. The molecule has 1 saturated heterocycles. The number of piperidine rings is 1. The zero-order chi connectivity index (χ0) is 15.7. The van der Waals surface area contributed by atoms with E-state index in [4.69, 9.17) is 0 Å². The predicted molar refractivity (Wildman–Crippen MR) is 88.5 cm³/mol. The molecule has 1 unspecified atom stereocenters. The van der Waals surface area contributed by atoms with Crippen molar-refractivity contribution in [3.8, 4) is 0 Å². The Balaban J connectivity index is 2.78. The van der Waals surface area contributed by atoms with Crippen LogP contribution >= 0.6 is 0 Å². The summed E-state index contributed by atoms with van der Waals surface area (Å²) in [5.41, 5.74) is 0. The summed E-state index contributed by atoms with van der Waals surface area (Å²) in [5.74, 6) is 0.449. The fourth-order valence-electron chi connectivity index (χ4n) is 2.92. The van der Waals surface area contributed by atoms with Crippen molar-refractivity contribution >= 4 is 10.2 Å². The lowest BCUT2D eigenvalue weighted by atomic mass is 10.00. The fraction of sp³-hybridized carbons (Fsp3) is 1.00. The van der Waals surface area contributed by atoms with Gasteiger partial charge in [0.15, 0.2) is 0 Å². The van der Waals surface area contributed by atoms with Crippen LogP contribution in [0.2, 0.25) is 0 Å². The average molecular weight is 320 g/mol. The molecule has 0 aromatic heterocycles. The van der Waals surface area contributed by atoms with Crippen LogP contribution in [0.15, 0.2) is 0 Å². The van der Waals surface area contributed by atoms with Gasteiger partial charge in [-0.05, 0) is 51.1 Å². The molecule has 1 N–H and O–H groups in total. The zero-order valence-electron chi connectivity index (χ0n) is 14.0. The Morgan fingerprint density at radius 3 is 2.05 bits per heavy atom. The van der Waals surface area contributed by atoms with Crippen molar-refractivity contribution in [2.75, 3.05) is 39.3 Å². The second kappa shape index (κ2) is 9.77. The van der Waals surface area contributed by atoms with Crippen molar-refractivity contribution < 1.29 is 8.42 Å². The average Bonchev–Trinajstić information content (AvgIpc) is 2.47. The lowest BCUT2D eigenvalue weighted by Gasteiger charge is -2.33. The van der Waals surface area contributed by atoms with Crippen LogP contribution in [0, 0.1) is 5.92 Å². The number of hydrogen-bond donors (Lipinski definition) is 1. The van der Waals surface area contributed by atoms with Crippen LogP contribution in [0.1, 0.15) is 52.9 Å². The fourth-order valence-corrected chi connectivity index (χ4v) is 4.89. The molecule has 0 amide bonds. The predicted octanol–water partition coefficient (Wildman–Crippen LogP) is 2.06. The Morgan fingerprint density at radius 2 is 1.57 bits per heavy atom. The smallest absolute Gasteiger partial charge is 0.281 e. The minimum absolute atomic E-state index is 0.449. The second-order valence-corrected chi connectivity index (χ2v) is 7.91. The number of rotatable bonds is 10. The summed E-state index contributed by atoms with van der Waals surface area (Å²) in [5, 5.41) is 3.38. The third kappa shape index (κ3) is 5.85. The first-order chi connectivity index (χ1) is 10.1. The summed E-state index contributed by atoms with van der Waals surface area (Å²) < 4.78 is 29.2. The molecule has 1 atom stereocenters. The molecule has 0 spiro atoms. The first-order valence-corrected chi connectivity index (χ1v) is 9.91. The highest BCUT2D eigenvalue weighted by Gasteiger charge is 2.30. The summed E-state index contributed by atoms with van der Waals surface area (Å²) in [7, 11) is -3.31. The third-order valence-corrected chi connectivity index (χ3v) is 5.93.